The summed E-state index contributed by atoms with van der Waals surface area (Å²) in [5, 5.41) is 3.19. The third-order valence-corrected chi connectivity index (χ3v) is 4.36. The first kappa shape index (κ1) is 16.9. The molecule has 0 heterocycles. The van der Waals surface area contributed by atoms with Crippen molar-refractivity contribution in [3.8, 4) is 0 Å². The SMILES string of the molecule is CCNS(=O)(=O)c1ccccc1NC(CCN)COC. The molecular weight excluding hydrogens is 278 g/mol. The summed E-state index contributed by atoms with van der Waals surface area (Å²) in [6.07, 6.45) is 0.698. The van der Waals surface area contributed by atoms with Crippen LogP contribution in [0.4, 0.5) is 5.69 Å². The van der Waals surface area contributed by atoms with E-state index in [4.69, 9.17) is 10.5 Å². The van der Waals surface area contributed by atoms with Crippen LogP contribution in [0.3, 0.4) is 0 Å². The number of ether oxygens (including phenoxy) is 1. The van der Waals surface area contributed by atoms with Crippen LogP contribution in [0.25, 0.3) is 0 Å². The number of hydrogen-bond donors (Lipinski definition) is 3. The summed E-state index contributed by atoms with van der Waals surface area (Å²) in [4.78, 5) is 0.236. The topological polar surface area (TPSA) is 93.5 Å². The molecule has 0 aromatic heterocycles. The van der Waals surface area contributed by atoms with E-state index in [0.717, 1.165) is 0 Å². The minimum absolute atomic E-state index is 0.0250. The van der Waals surface area contributed by atoms with Gasteiger partial charge in [0.15, 0.2) is 0 Å². The Hall–Kier alpha value is -1.15. The molecule has 0 amide bonds. The lowest BCUT2D eigenvalue weighted by atomic mass is 10.2. The summed E-state index contributed by atoms with van der Waals surface area (Å²) in [5.74, 6) is 0. The van der Waals surface area contributed by atoms with Crippen LogP contribution in [0, 0.1) is 0 Å². The Morgan fingerprint density at radius 3 is 2.65 bits per heavy atom. The van der Waals surface area contributed by atoms with E-state index in [1.165, 1.54) is 0 Å². The van der Waals surface area contributed by atoms with Gasteiger partial charge in [0.1, 0.15) is 4.90 Å². The van der Waals surface area contributed by atoms with Crippen LogP contribution in [0.1, 0.15) is 13.3 Å². The Morgan fingerprint density at radius 2 is 2.05 bits per heavy atom. The van der Waals surface area contributed by atoms with Gasteiger partial charge in [-0.05, 0) is 25.1 Å². The van der Waals surface area contributed by atoms with Crippen molar-refractivity contribution in [1.29, 1.82) is 0 Å². The number of benzene rings is 1. The molecule has 0 aliphatic carbocycles. The number of hydrogen-bond acceptors (Lipinski definition) is 5. The van der Waals surface area contributed by atoms with Gasteiger partial charge in [0.25, 0.3) is 0 Å². The Labute approximate surface area is 120 Å². The van der Waals surface area contributed by atoms with Gasteiger partial charge >= 0.3 is 0 Å². The van der Waals surface area contributed by atoms with E-state index in [1.54, 1.807) is 38.3 Å². The smallest absolute Gasteiger partial charge is 0.242 e. The predicted octanol–water partition coefficient (Wildman–Crippen LogP) is 0.761. The summed E-state index contributed by atoms with van der Waals surface area (Å²) in [6, 6.07) is 6.78. The maximum absolute atomic E-state index is 12.1. The summed E-state index contributed by atoms with van der Waals surface area (Å²) < 4.78 is 31.9. The largest absolute Gasteiger partial charge is 0.383 e. The van der Waals surface area contributed by atoms with Gasteiger partial charge in [-0.1, -0.05) is 19.1 Å². The first-order valence-corrected chi connectivity index (χ1v) is 8.07. The second-order valence-electron chi connectivity index (χ2n) is 4.37. The number of rotatable bonds is 9. The third kappa shape index (κ3) is 4.75. The second-order valence-corrected chi connectivity index (χ2v) is 6.11. The summed E-state index contributed by atoms with van der Waals surface area (Å²) in [6.45, 7) is 3.06. The Morgan fingerprint density at radius 1 is 1.35 bits per heavy atom. The van der Waals surface area contributed by atoms with Crippen molar-refractivity contribution in [2.24, 2.45) is 5.73 Å². The first-order valence-electron chi connectivity index (χ1n) is 6.59. The second kappa shape index (κ2) is 8.21. The quantitative estimate of drug-likeness (QED) is 0.626. The van der Waals surface area contributed by atoms with Crippen LogP contribution in [0.2, 0.25) is 0 Å². The summed E-state index contributed by atoms with van der Waals surface area (Å²) in [7, 11) is -1.90. The molecule has 20 heavy (non-hydrogen) atoms. The minimum atomic E-state index is -3.50. The Balaban J connectivity index is 3.00. The lowest BCUT2D eigenvalue weighted by Crippen LogP contribution is -2.30. The molecule has 1 aromatic rings. The van der Waals surface area contributed by atoms with Crippen LogP contribution in [-0.4, -0.2) is 41.3 Å². The zero-order valence-electron chi connectivity index (χ0n) is 11.9. The average molecular weight is 301 g/mol. The molecule has 1 rings (SSSR count). The van der Waals surface area contributed by atoms with Gasteiger partial charge in [-0.15, -0.1) is 0 Å². The highest BCUT2D eigenvalue weighted by Crippen LogP contribution is 2.21. The van der Waals surface area contributed by atoms with Gasteiger partial charge in [-0.25, -0.2) is 13.1 Å². The van der Waals surface area contributed by atoms with Gasteiger partial charge in [0.2, 0.25) is 10.0 Å². The minimum Gasteiger partial charge on any atom is -0.383 e. The van der Waals surface area contributed by atoms with Crippen LogP contribution in [0.5, 0.6) is 0 Å². The molecule has 0 aliphatic heterocycles. The van der Waals surface area contributed by atoms with Gasteiger partial charge in [-0.2, -0.15) is 0 Å². The third-order valence-electron chi connectivity index (χ3n) is 2.75. The van der Waals surface area contributed by atoms with Crippen molar-refractivity contribution in [1.82, 2.24) is 4.72 Å². The van der Waals surface area contributed by atoms with Gasteiger partial charge in [-0.3, -0.25) is 0 Å². The zero-order chi connectivity index (χ0) is 15.0. The summed E-state index contributed by atoms with van der Waals surface area (Å²) in [5.41, 5.74) is 6.12. The lowest BCUT2D eigenvalue weighted by Gasteiger charge is -2.20. The molecule has 114 valence electrons. The molecule has 1 aromatic carbocycles. The molecule has 0 radical (unpaired) electrons. The molecule has 0 saturated carbocycles. The highest BCUT2D eigenvalue weighted by atomic mass is 32.2. The van der Waals surface area contributed by atoms with E-state index in [9.17, 15) is 8.42 Å². The zero-order valence-corrected chi connectivity index (χ0v) is 12.7. The van der Waals surface area contributed by atoms with Crippen molar-refractivity contribution in [3.05, 3.63) is 24.3 Å². The average Bonchev–Trinajstić information content (AvgIpc) is 2.39. The lowest BCUT2D eigenvalue weighted by molar-refractivity contribution is 0.183. The van der Waals surface area contributed by atoms with Crippen molar-refractivity contribution >= 4 is 15.7 Å². The normalized spacial score (nSPS) is 13.2. The van der Waals surface area contributed by atoms with Crippen molar-refractivity contribution in [3.63, 3.8) is 0 Å². The molecule has 4 N–H and O–H groups in total. The highest BCUT2D eigenvalue weighted by Gasteiger charge is 2.18. The van der Waals surface area contributed by atoms with E-state index >= 15 is 0 Å². The molecule has 0 fully saturated rings. The van der Waals surface area contributed by atoms with Crippen LogP contribution >= 0.6 is 0 Å². The van der Waals surface area contributed by atoms with E-state index in [-0.39, 0.29) is 10.9 Å². The van der Waals surface area contributed by atoms with Gasteiger partial charge in [0.05, 0.1) is 18.3 Å². The number of sulfonamides is 1. The van der Waals surface area contributed by atoms with Crippen LogP contribution in [0.15, 0.2) is 29.2 Å². The van der Waals surface area contributed by atoms with Gasteiger partial charge < -0.3 is 15.8 Å². The monoisotopic (exact) mass is 301 g/mol. The Kier molecular flexibility index (Phi) is 6.94. The molecule has 7 heteroatoms. The predicted molar refractivity (Wildman–Crippen MR) is 80.3 cm³/mol. The maximum Gasteiger partial charge on any atom is 0.242 e. The van der Waals surface area contributed by atoms with Gasteiger partial charge in [0, 0.05) is 13.7 Å². The molecule has 6 nitrogen and oxygen atoms in total. The number of para-hydroxylation sites is 1. The van der Waals surface area contributed by atoms with Crippen LogP contribution < -0.4 is 15.8 Å². The standard InChI is InChI=1S/C13H23N3O3S/c1-3-15-20(17,18)13-7-5-4-6-12(13)16-11(8-9-14)10-19-2/h4-7,11,15-16H,3,8-10,14H2,1-2H3. The number of methoxy groups -OCH3 is 1. The maximum atomic E-state index is 12.1. The molecule has 0 spiro atoms. The highest BCUT2D eigenvalue weighted by molar-refractivity contribution is 7.89. The Bertz CT molecular complexity index is 499. The molecule has 1 unspecified atom stereocenters. The number of nitrogens with one attached hydrogen (secondary N) is 2. The number of nitrogens with two attached hydrogens (primary N) is 1. The molecule has 0 bridgehead atoms. The fourth-order valence-electron chi connectivity index (χ4n) is 1.91. The van der Waals surface area contributed by atoms with Crippen LogP contribution in [-0.2, 0) is 14.8 Å². The van der Waals surface area contributed by atoms with E-state index in [0.29, 0.717) is 31.8 Å². The van der Waals surface area contributed by atoms with Crippen molar-refractivity contribution in [2.45, 2.75) is 24.3 Å². The van der Waals surface area contributed by atoms with E-state index in [2.05, 4.69) is 10.0 Å². The van der Waals surface area contributed by atoms with Crippen molar-refractivity contribution < 1.29 is 13.2 Å². The van der Waals surface area contributed by atoms with E-state index in [1.807, 2.05) is 0 Å². The molecular formula is C13H23N3O3S. The molecule has 1 atom stereocenters. The first-order chi connectivity index (χ1) is 9.55. The fraction of sp³-hybridized carbons (Fsp3) is 0.538. The molecule has 0 saturated heterocycles. The summed E-state index contributed by atoms with van der Waals surface area (Å²) >= 11 is 0. The number of anilines is 1. The fourth-order valence-corrected chi connectivity index (χ4v) is 3.12. The van der Waals surface area contributed by atoms with Crippen molar-refractivity contribution in [2.75, 3.05) is 32.1 Å². The molecule has 0 aliphatic rings. The van der Waals surface area contributed by atoms with E-state index < -0.39 is 10.0 Å².